The highest BCUT2D eigenvalue weighted by Crippen LogP contribution is 2.31. The van der Waals surface area contributed by atoms with E-state index < -0.39 is 0 Å². The summed E-state index contributed by atoms with van der Waals surface area (Å²) in [5, 5.41) is 0. The van der Waals surface area contributed by atoms with Crippen LogP contribution in [0, 0.1) is 5.92 Å². The van der Waals surface area contributed by atoms with Crippen molar-refractivity contribution in [1.82, 2.24) is 0 Å². The minimum Gasteiger partial charge on any atom is -0.348 e. The summed E-state index contributed by atoms with van der Waals surface area (Å²) in [6.45, 7) is 11.6. The predicted molar refractivity (Wildman–Crippen MR) is 91.8 cm³/mol. The van der Waals surface area contributed by atoms with Gasteiger partial charge in [0.1, 0.15) is 5.78 Å². The van der Waals surface area contributed by atoms with Gasteiger partial charge in [-0.05, 0) is 31.1 Å². The van der Waals surface area contributed by atoms with Gasteiger partial charge in [0.15, 0.2) is 5.79 Å². The van der Waals surface area contributed by atoms with Crippen LogP contribution in [0.5, 0.6) is 0 Å². The van der Waals surface area contributed by atoms with E-state index in [2.05, 4.69) is 33.0 Å². The Hall–Kier alpha value is -0.320. The van der Waals surface area contributed by atoms with Gasteiger partial charge in [-0.2, -0.15) is 0 Å². The second-order valence-electron chi connectivity index (χ2n) is 5.99. The molecule has 124 valence electrons. The van der Waals surface area contributed by atoms with Crippen molar-refractivity contribution in [3.05, 3.63) is 0 Å². The van der Waals surface area contributed by atoms with Crippen LogP contribution in [-0.4, -0.2) is 29.6 Å². The number of hydrogen-bond acceptors (Lipinski definition) is 4. The van der Waals surface area contributed by atoms with Gasteiger partial charge in [-0.25, -0.2) is 0 Å². The monoisotopic (exact) mass is 316 g/mol. The van der Waals surface area contributed by atoms with Gasteiger partial charge in [0.25, 0.3) is 0 Å². The van der Waals surface area contributed by atoms with E-state index in [0.717, 1.165) is 43.3 Å². The highest BCUT2D eigenvalue weighted by molar-refractivity contribution is 7.80. The second kappa shape index (κ2) is 11.3. The molecular weight excluding hydrogens is 284 g/mol. The first-order valence-electron chi connectivity index (χ1n) is 8.12. The van der Waals surface area contributed by atoms with Crippen molar-refractivity contribution in [2.24, 2.45) is 5.92 Å². The van der Waals surface area contributed by atoms with E-state index in [0.29, 0.717) is 6.42 Å². The SMILES string of the molecule is CC(=O)CC(C)=S.CCCC1(CCC(C)CC)OCCO1. The van der Waals surface area contributed by atoms with Crippen molar-refractivity contribution in [3.63, 3.8) is 0 Å². The number of rotatable bonds is 8. The fourth-order valence-corrected chi connectivity index (χ4v) is 2.52. The van der Waals surface area contributed by atoms with Crippen molar-refractivity contribution < 1.29 is 14.3 Å². The second-order valence-corrected chi connectivity index (χ2v) is 6.69. The van der Waals surface area contributed by atoms with Crippen molar-refractivity contribution in [2.45, 2.75) is 78.9 Å². The van der Waals surface area contributed by atoms with Gasteiger partial charge in [-0.15, -0.1) is 0 Å². The molecule has 1 heterocycles. The smallest absolute Gasteiger partial charge is 0.168 e. The molecule has 3 nitrogen and oxygen atoms in total. The number of ether oxygens (including phenoxy) is 2. The fraction of sp³-hybridized carbons (Fsp3) is 0.882. The largest absolute Gasteiger partial charge is 0.348 e. The molecule has 0 aromatic carbocycles. The van der Waals surface area contributed by atoms with E-state index in [-0.39, 0.29) is 11.6 Å². The van der Waals surface area contributed by atoms with Crippen molar-refractivity contribution in [3.8, 4) is 0 Å². The molecule has 0 N–H and O–H groups in total. The topological polar surface area (TPSA) is 35.5 Å². The van der Waals surface area contributed by atoms with Gasteiger partial charge in [0.2, 0.25) is 0 Å². The summed E-state index contributed by atoms with van der Waals surface area (Å²) in [5.41, 5.74) is 0. The Morgan fingerprint density at radius 2 is 1.76 bits per heavy atom. The minimum absolute atomic E-state index is 0.146. The quantitative estimate of drug-likeness (QED) is 0.607. The van der Waals surface area contributed by atoms with Gasteiger partial charge in [-0.3, -0.25) is 4.79 Å². The average Bonchev–Trinajstić information content (AvgIpc) is 2.84. The third-order valence-electron chi connectivity index (χ3n) is 3.66. The summed E-state index contributed by atoms with van der Waals surface area (Å²) in [6.07, 6.45) is 6.17. The third-order valence-corrected chi connectivity index (χ3v) is 3.80. The summed E-state index contributed by atoms with van der Waals surface area (Å²) >= 11 is 4.65. The lowest BCUT2D eigenvalue weighted by Gasteiger charge is -2.28. The predicted octanol–water partition coefficient (Wildman–Crippen LogP) is 4.71. The van der Waals surface area contributed by atoms with Crippen LogP contribution in [0.2, 0.25) is 0 Å². The van der Waals surface area contributed by atoms with E-state index in [1.807, 2.05) is 0 Å². The Kier molecular flexibility index (Phi) is 11.1. The number of carbonyl (C=O) groups excluding carboxylic acids is 1. The summed E-state index contributed by atoms with van der Waals surface area (Å²) in [4.78, 5) is 10.9. The molecule has 0 aromatic rings. The molecule has 0 radical (unpaired) electrons. The Morgan fingerprint density at radius 1 is 1.19 bits per heavy atom. The van der Waals surface area contributed by atoms with Crippen LogP contribution in [0.1, 0.15) is 73.1 Å². The van der Waals surface area contributed by atoms with Crippen LogP contribution in [0.15, 0.2) is 0 Å². The molecule has 1 saturated heterocycles. The molecular formula is C17H32O3S. The molecule has 1 unspecified atom stereocenters. The third kappa shape index (κ3) is 10.1. The molecule has 1 aliphatic rings. The molecule has 0 aliphatic carbocycles. The summed E-state index contributed by atoms with van der Waals surface area (Å²) in [5.74, 6) is 0.710. The zero-order chi connectivity index (χ0) is 16.3. The molecule has 0 spiro atoms. The summed E-state index contributed by atoms with van der Waals surface area (Å²) in [7, 11) is 0. The maximum atomic E-state index is 10.2. The summed E-state index contributed by atoms with van der Waals surface area (Å²) in [6, 6.07) is 0. The molecule has 0 saturated carbocycles. The van der Waals surface area contributed by atoms with Gasteiger partial charge < -0.3 is 9.47 Å². The maximum Gasteiger partial charge on any atom is 0.168 e. The maximum absolute atomic E-state index is 10.2. The van der Waals surface area contributed by atoms with Gasteiger partial charge in [0, 0.05) is 19.3 Å². The van der Waals surface area contributed by atoms with Crippen LogP contribution in [0.25, 0.3) is 0 Å². The molecule has 0 aromatic heterocycles. The van der Waals surface area contributed by atoms with Gasteiger partial charge in [-0.1, -0.05) is 45.8 Å². The fourth-order valence-electron chi connectivity index (χ4n) is 2.31. The standard InChI is InChI=1S/C12H24O2.C5H8OS/c1-4-7-12(13-9-10-14-12)8-6-11(3)5-2;1-4(6)3-5(2)7/h11H,4-10H2,1-3H3;3H2,1-2H3. The number of hydrogen-bond donors (Lipinski definition) is 0. The first-order valence-corrected chi connectivity index (χ1v) is 8.52. The molecule has 0 amide bonds. The van der Waals surface area contributed by atoms with E-state index >= 15 is 0 Å². The van der Waals surface area contributed by atoms with Crippen LogP contribution < -0.4 is 0 Å². The number of thiocarbonyl (C=S) groups is 1. The molecule has 1 fully saturated rings. The van der Waals surface area contributed by atoms with Crippen LogP contribution in [0.4, 0.5) is 0 Å². The molecule has 1 atom stereocenters. The van der Waals surface area contributed by atoms with Crippen LogP contribution in [-0.2, 0) is 14.3 Å². The van der Waals surface area contributed by atoms with Crippen molar-refractivity contribution >= 4 is 22.9 Å². The Balaban J connectivity index is 0.000000486. The first kappa shape index (κ1) is 20.7. The number of carbonyl (C=O) groups is 1. The number of Topliss-reactive ketones (excluding diaryl/α,β-unsaturated/α-hetero) is 1. The molecule has 0 bridgehead atoms. The molecule has 1 rings (SSSR count). The Labute approximate surface area is 135 Å². The van der Waals surface area contributed by atoms with E-state index in [1.54, 1.807) is 6.92 Å². The number of ketones is 1. The Morgan fingerprint density at radius 3 is 2.10 bits per heavy atom. The van der Waals surface area contributed by atoms with E-state index in [4.69, 9.17) is 9.47 Å². The lowest BCUT2D eigenvalue weighted by atomic mass is 9.96. The van der Waals surface area contributed by atoms with Crippen LogP contribution >= 0.6 is 12.2 Å². The van der Waals surface area contributed by atoms with Crippen molar-refractivity contribution in [1.29, 1.82) is 0 Å². The lowest BCUT2D eigenvalue weighted by molar-refractivity contribution is -0.169. The highest BCUT2D eigenvalue weighted by Gasteiger charge is 2.35. The zero-order valence-corrected chi connectivity index (χ0v) is 15.2. The minimum atomic E-state index is -0.224. The summed E-state index contributed by atoms with van der Waals surface area (Å²) < 4.78 is 11.5. The zero-order valence-electron chi connectivity index (χ0n) is 14.4. The first-order chi connectivity index (χ1) is 9.85. The van der Waals surface area contributed by atoms with Gasteiger partial charge >= 0.3 is 0 Å². The molecule has 21 heavy (non-hydrogen) atoms. The molecule has 4 heteroatoms. The average molecular weight is 317 g/mol. The van der Waals surface area contributed by atoms with E-state index in [9.17, 15) is 4.79 Å². The normalized spacial score (nSPS) is 17.8. The lowest BCUT2D eigenvalue weighted by Crippen LogP contribution is -2.30. The van der Waals surface area contributed by atoms with Gasteiger partial charge in [0.05, 0.1) is 13.2 Å². The van der Waals surface area contributed by atoms with Crippen LogP contribution in [0.3, 0.4) is 0 Å². The van der Waals surface area contributed by atoms with Crippen molar-refractivity contribution in [2.75, 3.05) is 13.2 Å². The Bertz CT molecular complexity index is 297. The molecule has 1 aliphatic heterocycles. The highest BCUT2D eigenvalue weighted by atomic mass is 32.1. The van der Waals surface area contributed by atoms with E-state index in [1.165, 1.54) is 19.8 Å².